The van der Waals surface area contributed by atoms with Gasteiger partial charge in [-0.1, -0.05) is 6.07 Å². The second kappa shape index (κ2) is 3.47. The van der Waals surface area contributed by atoms with Crippen molar-refractivity contribution < 1.29 is 13.9 Å². The van der Waals surface area contributed by atoms with Crippen LogP contribution in [0.25, 0.3) is 11.0 Å². The molecule has 0 atom stereocenters. The van der Waals surface area contributed by atoms with Crippen LogP contribution >= 0.6 is 0 Å². The van der Waals surface area contributed by atoms with Gasteiger partial charge in [0, 0.05) is 0 Å². The molecular weight excluding hydrogens is 240 g/mol. The monoisotopic (exact) mass is 260 g/mol. The largest absolute Gasteiger partial charge is 0.476 e. The molecule has 0 saturated carbocycles. The quantitative estimate of drug-likeness (QED) is 0.704. The van der Waals surface area contributed by atoms with Crippen molar-refractivity contribution in [3.8, 4) is 11.7 Å². The molecule has 1 aromatic heterocycles. The molecule has 3 nitrogen and oxygen atoms in total. The van der Waals surface area contributed by atoms with Crippen LogP contribution in [0.1, 0.15) is 38.8 Å². The first-order chi connectivity index (χ1) is 8.71. The van der Waals surface area contributed by atoms with Gasteiger partial charge in [-0.2, -0.15) is 0 Å². The van der Waals surface area contributed by atoms with Gasteiger partial charge in [0.2, 0.25) is 5.75 Å². The van der Waals surface area contributed by atoms with Crippen LogP contribution in [0.4, 0.5) is 0 Å². The van der Waals surface area contributed by atoms with E-state index in [2.05, 4.69) is 19.9 Å². The zero-order chi connectivity index (χ0) is 14.0. The molecule has 0 spiro atoms. The van der Waals surface area contributed by atoms with Crippen molar-refractivity contribution in [2.45, 2.75) is 52.7 Å². The van der Waals surface area contributed by atoms with E-state index in [9.17, 15) is 0 Å². The van der Waals surface area contributed by atoms with Crippen LogP contribution < -0.4 is 9.47 Å². The Hall–Kier alpha value is -1.64. The molecule has 3 rings (SSSR count). The standard InChI is InChI=1S/C16H20O3/c1-9-7-10(2)12-11(8-9)17-14-13(12)18-15(3,4)16(5,6)19-14/h7-8H,1-6H3. The fraction of sp³-hybridized carbons (Fsp3) is 0.500. The average molecular weight is 260 g/mol. The number of ether oxygens (including phenoxy) is 2. The fourth-order valence-electron chi connectivity index (χ4n) is 2.44. The molecule has 0 amide bonds. The van der Waals surface area contributed by atoms with E-state index in [0.717, 1.165) is 22.3 Å². The first kappa shape index (κ1) is 12.4. The van der Waals surface area contributed by atoms with E-state index in [4.69, 9.17) is 13.9 Å². The SMILES string of the molecule is Cc1cc(C)c2c3c(oc2c1)OC(C)(C)C(C)(C)O3. The predicted octanol–water partition coefficient (Wildman–Crippen LogP) is 4.38. The fourth-order valence-corrected chi connectivity index (χ4v) is 2.44. The minimum Gasteiger partial charge on any atom is -0.476 e. The highest BCUT2D eigenvalue weighted by Gasteiger charge is 2.48. The van der Waals surface area contributed by atoms with Crippen molar-refractivity contribution in [3.63, 3.8) is 0 Å². The maximum absolute atomic E-state index is 6.19. The summed E-state index contributed by atoms with van der Waals surface area (Å²) in [6.07, 6.45) is 0. The molecule has 2 aromatic rings. The minimum atomic E-state index is -0.434. The number of hydrogen-bond donors (Lipinski definition) is 0. The van der Waals surface area contributed by atoms with Crippen LogP contribution in [0.15, 0.2) is 16.5 Å². The summed E-state index contributed by atoms with van der Waals surface area (Å²) in [5.41, 5.74) is 2.31. The average Bonchev–Trinajstić information content (AvgIpc) is 2.53. The van der Waals surface area contributed by atoms with Crippen LogP contribution in [-0.4, -0.2) is 11.2 Å². The van der Waals surface area contributed by atoms with Crippen LogP contribution in [0.2, 0.25) is 0 Å². The van der Waals surface area contributed by atoms with Gasteiger partial charge in [0.15, 0.2) is 0 Å². The zero-order valence-corrected chi connectivity index (χ0v) is 12.4. The third-order valence-electron chi connectivity index (χ3n) is 4.21. The zero-order valence-electron chi connectivity index (χ0n) is 12.4. The Morgan fingerprint density at radius 1 is 0.895 bits per heavy atom. The highest BCUT2D eigenvalue weighted by molar-refractivity contribution is 5.90. The third kappa shape index (κ3) is 1.64. The number of benzene rings is 1. The summed E-state index contributed by atoms with van der Waals surface area (Å²) in [6, 6.07) is 4.15. The predicted molar refractivity (Wildman–Crippen MR) is 75.1 cm³/mol. The van der Waals surface area contributed by atoms with E-state index >= 15 is 0 Å². The molecule has 0 N–H and O–H groups in total. The first-order valence-corrected chi connectivity index (χ1v) is 6.63. The second-order valence-corrected chi connectivity index (χ2v) is 6.40. The summed E-state index contributed by atoms with van der Waals surface area (Å²) in [5.74, 6) is 1.23. The van der Waals surface area contributed by atoms with Crippen LogP contribution in [-0.2, 0) is 0 Å². The molecule has 0 radical (unpaired) electrons. The molecule has 0 fully saturated rings. The molecule has 102 valence electrons. The molecule has 0 saturated heterocycles. The van der Waals surface area contributed by atoms with Gasteiger partial charge in [-0.05, 0) is 58.7 Å². The number of furan rings is 1. The molecule has 19 heavy (non-hydrogen) atoms. The summed E-state index contributed by atoms with van der Waals surface area (Å²) in [7, 11) is 0. The Kier molecular flexibility index (Phi) is 2.26. The molecule has 1 aliphatic heterocycles. The Morgan fingerprint density at radius 3 is 2.21 bits per heavy atom. The van der Waals surface area contributed by atoms with E-state index < -0.39 is 11.2 Å². The lowest BCUT2D eigenvalue weighted by Gasteiger charge is -2.43. The molecule has 0 aliphatic carbocycles. The van der Waals surface area contributed by atoms with Crippen molar-refractivity contribution in [1.29, 1.82) is 0 Å². The van der Waals surface area contributed by atoms with Crippen molar-refractivity contribution >= 4 is 11.0 Å². The number of rotatable bonds is 0. The maximum atomic E-state index is 6.19. The highest BCUT2D eigenvalue weighted by atomic mass is 16.7. The van der Waals surface area contributed by atoms with Crippen molar-refractivity contribution in [2.24, 2.45) is 0 Å². The van der Waals surface area contributed by atoms with Crippen LogP contribution in [0.3, 0.4) is 0 Å². The van der Waals surface area contributed by atoms with Gasteiger partial charge in [0.1, 0.15) is 16.8 Å². The Balaban J connectivity index is 2.28. The molecule has 2 heterocycles. The third-order valence-corrected chi connectivity index (χ3v) is 4.21. The van der Waals surface area contributed by atoms with Gasteiger partial charge in [-0.3, -0.25) is 0 Å². The van der Waals surface area contributed by atoms with Gasteiger partial charge >= 0.3 is 5.95 Å². The molecular formula is C16H20O3. The van der Waals surface area contributed by atoms with E-state index in [1.54, 1.807) is 0 Å². The van der Waals surface area contributed by atoms with Crippen molar-refractivity contribution in [1.82, 2.24) is 0 Å². The van der Waals surface area contributed by atoms with Gasteiger partial charge in [-0.25, -0.2) is 0 Å². The summed E-state index contributed by atoms with van der Waals surface area (Å²) in [4.78, 5) is 0. The Bertz CT molecular complexity index is 662. The topological polar surface area (TPSA) is 31.6 Å². The van der Waals surface area contributed by atoms with Crippen LogP contribution in [0, 0.1) is 13.8 Å². The Labute approximate surface area is 113 Å². The molecule has 0 unspecified atom stereocenters. The molecule has 1 aliphatic rings. The summed E-state index contributed by atoms with van der Waals surface area (Å²) in [5, 5.41) is 1.02. The molecule has 1 aromatic carbocycles. The summed E-state index contributed by atoms with van der Waals surface area (Å²) in [6.45, 7) is 12.2. The molecule has 3 heteroatoms. The number of hydrogen-bond acceptors (Lipinski definition) is 3. The lowest BCUT2D eigenvalue weighted by Crippen LogP contribution is -2.55. The van der Waals surface area contributed by atoms with Gasteiger partial charge in [-0.15, -0.1) is 0 Å². The maximum Gasteiger partial charge on any atom is 0.330 e. The molecule has 0 bridgehead atoms. The number of aryl methyl sites for hydroxylation is 2. The van der Waals surface area contributed by atoms with Gasteiger partial charge in [0.05, 0.1) is 5.39 Å². The van der Waals surface area contributed by atoms with Crippen molar-refractivity contribution in [3.05, 3.63) is 23.3 Å². The normalized spacial score (nSPS) is 19.7. The van der Waals surface area contributed by atoms with Gasteiger partial charge < -0.3 is 13.9 Å². The summed E-state index contributed by atoms with van der Waals surface area (Å²) < 4.78 is 18.0. The van der Waals surface area contributed by atoms with Gasteiger partial charge in [0.25, 0.3) is 0 Å². The van der Waals surface area contributed by atoms with E-state index in [-0.39, 0.29) is 0 Å². The Morgan fingerprint density at radius 2 is 1.53 bits per heavy atom. The highest BCUT2D eigenvalue weighted by Crippen LogP contribution is 2.49. The van der Waals surface area contributed by atoms with E-state index in [1.165, 1.54) is 5.56 Å². The smallest absolute Gasteiger partial charge is 0.330 e. The lowest BCUT2D eigenvalue weighted by molar-refractivity contribution is -0.110. The first-order valence-electron chi connectivity index (χ1n) is 6.63. The summed E-state index contributed by atoms with van der Waals surface area (Å²) >= 11 is 0. The van der Waals surface area contributed by atoms with Crippen molar-refractivity contribution in [2.75, 3.05) is 0 Å². The van der Waals surface area contributed by atoms with Crippen LogP contribution in [0.5, 0.6) is 11.7 Å². The lowest BCUT2D eigenvalue weighted by atomic mass is 9.88. The second-order valence-electron chi connectivity index (χ2n) is 6.40. The van der Waals surface area contributed by atoms with E-state index in [1.807, 2.05) is 33.8 Å². The van der Waals surface area contributed by atoms with E-state index in [0.29, 0.717) is 5.95 Å². The minimum absolute atomic E-state index is 0.409. The number of fused-ring (bicyclic) bond motifs is 3.